The van der Waals surface area contributed by atoms with Gasteiger partial charge in [-0.1, -0.05) is 37.3 Å². The molecule has 3 aromatic rings. The van der Waals surface area contributed by atoms with E-state index in [9.17, 15) is 19.8 Å². The van der Waals surface area contributed by atoms with Crippen LogP contribution in [0.2, 0.25) is 0 Å². The summed E-state index contributed by atoms with van der Waals surface area (Å²) in [4.78, 5) is 24.7. The Labute approximate surface area is 223 Å². The highest BCUT2D eigenvalue weighted by atomic mass is 16.5. The average Bonchev–Trinajstić information content (AvgIpc) is 3.15. The molecular weight excluding hydrogens is 480 g/mol. The predicted molar refractivity (Wildman–Crippen MR) is 146 cm³/mol. The third kappa shape index (κ3) is 4.64. The third-order valence-electron chi connectivity index (χ3n) is 7.75. The van der Waals surface area contributed by atoms with Crippen LogP contribution in [-0.4, -0.2) is 31.9 Å². The van der Waals surface area contributed by atoms with E-state index >= 15 is 0 Å². The maximum absolute atomic E-state index is 12.7. The Balaban J connectivity index is 1.71. The number of aromatic nitrogens is 2. The molecule has 38 heavy (non-hydrogen) atoms. The highest BCUT2D eigenvalue weighted by molar-refractivity contribution is 5.94. The molecule has 198 valence electrons. The molecule has 2 aromatic carbocycles. The average molecular weight is 515 g/mol. The summed E-state index contributed by atoms with van der Waals surface area (Å²) in [6, 6.07) is 11.5. The Hall–Kier alpha value is -4.13. The van der Waals surface area contributed by atoms with E-state index in [-0.39, 0.29) is 18.6 Å². The first-order valence-electron chi connectivity index (χ1n) is 12.7. The molecule has 1 atom stereocenters. The van der Waals surface area contributed by atoms with E-state index in [4.69, 9.17) is 4.74 Å². The van der Waals surface area contributed by atoms with Gasteiger partial charge >= 0.3 is 11.9 Å². The zero-order chi connectivity index (χ0) is 27.8. The first-order valence-corrected chi connectivity index (χ1v) is 12.7. The molecule has 7 heteroatoms. The van der Waals surface area contributed by atoms with Crippen LogP contribution in [0.3, 0.4) is 0 Å². The molecule has 1 heterocycles. The molecular formula is C31H34N2O5. The van der Waals surface area contributed by atoms with Gasteiger partial charge in [-0.15, -0.1) is 0 Å². The minimum Gasteiger partial charge on any atom is -0.489 e. The third-order valence-corrected chi connectivity index (χ3v) is 7.75. The number of ether oxygens (including phenoxy) is 1. The number of hydrogen-bond donors (Lipinski definition) is 2. The Kier molecular flexibility index (Phi) is 7.31. The second-order valence-corrected chi connectivity index (χ2v) is 10.00. The Morgan fingerprint density at radius 3 is 2.39 bits per heavy atom. The van der Waals surface area contributed by atoms with Gasteiger partial charge in [-0.05, 0) is 92.6 Å². The molecule has 0 spiro atoms. The summed E-state index contributed by atoms with van der Waals surface area (Å²) in [7, 11) is 0. The molecule has 0 radical (unpaired) electrons. The van der Waals surface area contributed by atoms with Crippen LogP contribution >= 0.6 is 0 Å². The van der Waals surface area contributed by atoms with Crippen LogP contribution in [0.1, 0.15) is 59.5 Å². The van der Waals surface area contributed by atoms with Crippen molar-refractivity contribution in [2.45, 2.75) is 66.4 Å². The van der Waals surface area contributed by atoms with Gasteiger partial charge in [0.2, 0.25) is 0 Å². The minimum atomic E-state index is -1.50. The summed E-state index contributed by atoms with van der Waals surface area (Å²) >= 11 is 0. The molecule has 0 saturated carbocycles. The van der Waals surface area contributed by atoms with E-state index in [1.807, 2.05) is 62.7 Å². The van der Waals surface area contributed by atoms with Crippen LogP contribution in [0.25, 0.3) is 5.69 Å². The minimum absolute atomic E-state index is 0.106. The van der Waals surface area contributed by atoms with E-state index in [2.05, 4.69) is 12.0 Å². The van der Waals surface area contributed by atoms with Crippen molar-refractivity contribution in [1.29, 1.82) is 0 Å². The fraction of sp³-hybridized carbons (Fsp3) is 0.323. The van der Waals surface area contributed by atoms with Gasteiger partial charge in [0.15, 0.2) is 0 Å². The highest BCUT2D eigenvalue weighted by Crippen LogP contribution is 2.41. The summed E-state index contributed by atoms with van der Waals surface area (Å²) in [5.41, 5.74) is 6.57. The summed E-state index contributed by atoms with van der Waals surface area (Å²) in [6.07, 6.45) is 3.78. The molecule has 7 nitrogen and oxygen atoms in total. The van der Waals surface area contributed by atoms with Crippen molar-refractivity contribution in [3.63, 3.8) is 0 Å². The quantitative estimate of drug-likeness (QED) is 0.386. The number of benzene rings is 2. The van der Waals surface area contributed by atoms with Crippen molar-refractivity contribution in [3.8, 4) is 11.4 Å². The van der Waals surface area contributed by atoms with Crippen LogP contribution in [0.5, 0.6) is 5.75 Å². The Morgan fingerprint density at radius 1 is 1.08 bits per heavy atom. The second-order valence-electron chi connectivity index (χ2n) is 10.00. The van der Waals surface area contributed by atoms with Gasteiger partial charge in [0.05, 0.1) is 11.4 Å². The van der Waals surface area contributed by atoms with Gasteiger partial charge in [0.1, 0.15) is 17.8 Å². The predicted octanol–water partition coefficient (Wildman–Crippen LogP) is 5.93. The lowest BCUT2D eigenvalue weighted by atomic mass is 9.69. The summed E-state index contributed by atoms with van der Waals surface area (Å²) in [5, 5.41) is 24.8. The molecule has 1 aliphatic carbocycles. The first kappa shape index (κ1) is 26.9. The number of carboxylic acid groups (broad SMARTS) is 2. The van der Waals surface area contributed by atoms with Gasteiger partial charge in [-0.3, -0.25) is 4.79 Å². The van der Waals surface area contributed by atoms with Crippen molar-refractivity contribution in [3.05, 3.63) is 98.9 Å². The van der Waals surface area contributed by atoms with Crippen molar-refractivity contribution in [2.75, 3.05) is 0 Å². The molecule has 0 bridgehead atoms. The maximum atomic E-state index is 12.7. The Bertz CT molecular complexity index is 1490. The van der Waals surface area contributed by atoms with Crippen LogP contribution in [0, 0.1) is 27.7 Å². The monoisotopic (exact) mass is 514 g/mol. The largest absolute Gasteiger partial charge is 0.489 e. The number of nitrogens with zero attached hydrogens (tertiary/aromatic N) is 2. The standard InChI is InChI=1S/C31H34N2O5/c1-7-23-9-8-10-27(31(30(36)37)14-13-18(2)25(16-31)29(34)35)26(23)17-38-28-12-11-24(15-19(28)3)33-22(6)20(4)21(5)32-33/h8-15H,7,16-17H2,1-6H3,(H,34,35)(H,36,37). The van der Waals surface area contributed by atoms with Crippen molar-refractivity contribution in [2.24, 2.45) is 0 Å². The summed E-state index contributed by atoms with van der Waals surface area (Å²) in [6.45, 7) is 11.9. The SMILES string of the molecule is CCc1cccc(C2(C(=O)O)C=CC(C)=C(C(=O)O)C2)c1COc1ccc(-n2nc(C)c(C)c2C)cc1C. The van der Waals surface area contributed by atoms with Gasteiger partial charge in [0, 0.05) is 17.7 Å². The lowest BCUT2D eigenvalue weighted by molar-refractivity contribution is -0.142. The van der Waals surface area contributed by atoms with Crippen molar-refractivity contribution >= 4 is 11.9 Å². The highest BCUT2D eigenvalue weighted by Gasteiger charge is 2.44. The molecule has 0 saturated heterocycles. The van der Waals surface area contributed by atoms with E-state index in [0.29, 0.717) is 23.3 Å². The van der Waals surface area contributed by atoms with Crippen LogP contribution in [-0.2, 0) is 28.0 Å². The lowest BCUT2D eigenvalue weighted by Crippen LogP contribution is -2.38. The topological polar surface area (TPSA) is 102 Å². The number of hydrogen-bond acceptors (Lipinski definition) is 4. The summed E-state index contributed by atoms with van der Waals surface area (Å²) < 4.78 is 8.22. The zero-order valence-electron chi connectivity index (χ0n) is 22.8. The molecule has 2 N–H and O–H groups in total. The van der Waals surface area contributed by atoms with Crippen molar-refractivity contribution < 1.29 is 24.5 Å². The molecule has 0 fully saturated rings. The number of carbonyl (C=O) groups is 2. The Morgan fingerprint density at radius 2 is 1.82 bits per heavy atom. The first-order chi connectivity index (χ1) is 18.0. The van der Waals surface area contributed by atoms with Crippen molar-refractivity contribution in [1.82, 2.24) is 9.78 Å². The molecule has 4 rings (SSSR count). The van der Waals surface area contributed by atoms with E-state index in [0.717, 1.165) is 39.3 Å². The van der Waals surface area contributed by atoms with Gasteiger partial charge < -0.3 is 14.9 Å². The zero-order valence-corrected chi connectivity index (χ0v) is 22.8. The normalized spacial score (nSPS) is 17.1. The van der Waals surface area contributed by atoms with Crippen LogP contribution in [0.4, 0.5) is 0 Å². The van der Waals surface area contributed by atoms with Crippen LogP contribution in [0.15, 0.2) is 59.7 Å². The number of carboxylic acids is 2. The number of aliphatic carboxylic acids is 2. The smallest absolute Gasteiger partial charge is 0.331 e. The fourth-order valence-electron chi connectivity index (χ4n) is 5.14. The lowest BCUT2D eigenvalue weighted by Gasteiger charge is -2.33. The fourth-order valence-corrected chi connectivity index (χ4v) is 5.14. The van der Waals surface area contributed by atoms with Gasteiger partial charge in [-0.25, -0.2) is 9.48 Å². The molecule has 1 aromatic heterocycles. The maximum Gasteiger partial charge on any atom is 0.331 e. The van der Waals surface area contributed by atoms with Gasteiger partial charge in [-0.2, -0.15) is 5.10 Å². The molecule has 0 amide bonds. The van der Waals surface area contributed by atoms with E-state index in [1.165, 1.54) is 0 Å². The van der Waals surface area contributed by atoms with Crippen LogP contribution < -0.4 is 4.74 Å². The second kappa shape index (κ2) is 10.3. The molecule has 1 aliphatic rings. The van der Waals surface area contributed by atoms with E-state index in [1.54, 1.807) is 25.1 Å². The van der Waals surface area contributed by atoms with Gasteiger partial charge in [0.25, 0.3) is 0 Å². The van der Waals surface area contributed by atoms with E-state index < -0.39 is 17.4 Å². The molecule has 1 unspecified atom stereocenters. The number of rotatable bonds is 8. The summed E-state index contributed by atoms with van der Waals surface area (Å²) in [5.74, 6) is -1.50. The number of aryl methyl sites for hydroxylation is 3. The number of allylic oxidation sites excluding steroid dienone is 2. The molecule has 0 aliphatic heterocycles.